The molecular weight excluding hydrogens is 502 g/mol. The molecule has 0 bridgehead atoms. The van der Waals surface area contributed by atoms with Gasteiger partial charge in [-0.15, -0.1) is 0 Å². The lowest BCUT2D eigenvalue weighted by atomic mass is 9.82. The fourth-order valence-corrected chi connectivity index (χ4v) is 4.37. The van der Waals surface area contributed by atoms with Crippen LogP contribution in [0.4, 0.5) is 26.3 Å². The maximum Gasteiger partial charge on any atom is 0.416 e. The second-order valence-corrected chi connectivity index (χ2v) is 9.89. The first-order chi connectivity index (χ1) is 16.2. The van der Waals surface area contributed by atoms with Crippen LogP contribution >= 0.6 is 0 Å². The monoisotopic (exact) mass is 526 g/mol. The lowest BCUT2D eigenvalue weighted by Gasteiger charge is -2.38. The van der Waals surface area contributed by atoms with Gasteiger partial charge in [0.05, 0.1) is 37.2 Å². The molecule has 3 atom stereocenters. The highest BCUT2D eigenvalue weighted by molar-refractivity contribution is 7.85. The molecule has 5 nitrogen and oxygen atoms in total. The number of halogens is 6. The van der Waals surface area contributed by atoms with Crippen LogP contribution in [0.15, 0.2) is 48.5 Å². The van der Waals surface area contributed by atoms with Gasteiger partial charge in [-0.05, 0) is 48.1 Å². The lowest BCUT2D eigenvalue weighted by molar-refractivity contribution is -0.189. The van der Waals surface area contributed by atoms with Gasteiger partial charge in [0.2, 0.25) is 0 Å². The molecule has 12 heteroatoms. The summed E-state index contributed by atoms with van der Waals surface area (Å²) in [6, 6.07) is 10.3. The van der Waals surface area contributed by atoms with Crippen LogP contribution in [0.3, 0.4) is 0 Å². The summed E-state index contributed by atoms with van der Waals surface area (Å²) in [6.45, 7) is -0.121. The van der Waals surface area contributed by atoms with Crippen LogP contribution < -0.4 is 0 Å². The van der Waals surface area contributed by atoms with E-state index in [2.05, 4.69) is 0 Å². The predicted molar refractivity (Wildman–Crippen MR) is 114 cm³/mol. The Balaban J connectivity index is 1.77. The molecule has 0 spiro atoms. The zero-order chi connectivity index (χ0) is 25.9. The Morgan fingerprint density at radius 2 is 1.57 bits per heavy atom. The lowest BCUT2D eigenvalue weighted by Crippen LogP contribution is -2.39. The van der Waals surface area contributed by atoms with Crippen LogP contribution in [0.5, 0.6) is 0 Å². The Bertz CT molecular complexity index is 1050. The van der Waals surface area contributed by atoms with Gasteiger partial charge in [-0.25, -0.2) is 0 Å². The van der Waals surface area contributed by atoms with Crippen molar-refractivity contribution in [2.45, 2.75) is 37.4 Å². The van der Waals surface area contributed by atoms with Gasteiger partial charge in [-0.2, -0.15) is 34.8 Å². The molecule has 1 saturated heterocycles. The number of rotatable bonds is 8. The number of benzene rings is 2. The van der Waals surface area contributed by atoms with Crippen LogP contribution in [0, 0.1) is 5.92 Å². The maximum atomic E-state index is 13.1. The number of hydrogen-bond donors (Lipinski definition) is 0. The third kappa shape index (κ3) is 7.92. The summed E-state index contributed by atoms with van der Waals surface area (Å²) >= 11 is 0. The molecule has 0 aliphatic carbocycles. The molecule has 1 fully saturated rings. The van der Waals surface area contributed by atoms with Crippen LogP contribution in [-0.4, -0.2) is 40.8 Å². The van der Waals surface area contributed by atoms with E-state index in [0.29, 0.717) is 18.6 Å². The molecule has 35 heavy (non-hydrogen) atoms. The third-order valence-corrected chi connectivity index (χ3v) is 6.14. The van der Waals surface area contributed by atoms with E-state index >= 15 is 0 Å². The zero-order valence-electron chi connectivity index (χ0n) is 18.6. The van der Waals surface area contributed by atoms with E-state index in [-0.39, 0.29) is 43.8 Å². The van der Waals surface area contributed by atoms with E-state index in [9.17, 15) is 34.8 Å². The van der Waals surface area contributed by atoms with Crippen molar-refractivity contribution in [2.24, 2.45) is 5.92 Å². The number of ether oxygens (including phenoxy) is 2. The molecule has 0 aromatic heterocycles. The first-order valence-electron chi connectivity index (χ1n) is 10.6. The van der Waals surface area contributed by atoms with Gasteiger partial charge in [-0.1, -0.05) is 30.3 Å². The molecule has 0 amide bonds. The van der Waals surface area contributed by atoms with Crippen molar-refractivity contribution in [3.05, 3.63) is 70.8 Å². The summed E-state index contributed by atoms with van der Waals surface area (Å²) < 4.78 is 118. The molecule has 194 valence electrons. The fraction of sp³-hybridized carbons (Fsp3) is 0.478. The van der Waals surface area contributed by atoms with Crippen molar-refractivity contribution in [2.75, 3.05) is 26.1 Å². The normalized spacial score (nSPS) is 21.7. The Kier molecular flexibility index (Phi) is 8.51. The molecule has 1 heterocycles. The van der Waals surface area contributed by atoms with Gasteiger partial charge < -0.3 is 9.47 Å². The summed E-state index contributed by atoms with van der Waals surface area (Å²) in [5, 5.41) is 0. The molecular formula is C23H24F6O5S. The third-order valence-electron chi connectivity index (χ3n) is 5.57. The molecule has 0 saturated carbocycles. The van der Waals surface area contributed by atoms with Crippen molar-refractivity contribution in [1.82, 2.24) is 0 Å². The molecule has 2 aromatic carbocycles. The second kappa shape index (κ2) is 10.9. The van der Waals surface area contributed by atoms with Crippen LogP contribution in [-0.2, 0) is 42.5 Å². The van der Waals surface area contributed by atoms with Crippen molar-refractivity contribution in [1.29, 1.82) is 0 Å². The Hall–Kier alpha value is -2.15. The maximum absolute atomic E-state index is 13.1. The highest BCUT2D eigenvalue weighted by Gasteiger charge is 2.38. The molecule has 1 aliphatic rings. The van der Waals surface area contributed by atoms with Gasteiger partial charge in [-0.3, -0.25) is 4.18 Å². The largest absolute Gasteiger partial charge is 0.416 e. The van der Waals surface area contributed by atoms with Gasteiger partial charge >= 0.3 is 12.4 Å². The van der Waals surface area contributed by atoms with E-state index in [0.717, 1.165) is 11.8 Å². The minimum absolute atomic E-state index is 0.0758. The number of hydrogen-bond acceptors (Lipinski definition) is 5. The van der Waals surface area contributed by atoms with Crippen LogP contribution in [0.2, 0.25) is 0 Å². The molecule has 3 unspecified atom stereocenters. The quantitative estimate of drug-likeness (QED) is 0.340. The van der Waals surface area contributed by atoms with Gasteiger partial charge in [0.15, 0.2) is 6.29 Å². The SMILES string of the molecule is CS(=O)(=O)OCC1CCOC(OCCc2cc(C(F)(F)F)cc(C(F)(F)F)c2)C1c1ccccc1. The highest BCUT2D eigenvalue weighted by Crippen LogP contribution is 2.38. The van der Waals surface area contributed by atoms with Gasteiger partial charge in [0, 0.05) is 5.92 Å². The van der Waals surface area contributed by atoms with Crippen molar-refractivity contribution in [3.8, 4) is 0 Å². The molecule has 1 aliphatic heterocycles. The average Bonchev–Trinajstić information content (AvgIpc) is 2.76. The van der Waals surface area contributed by atoms with E-state index < -0.39 is 45.8 Å². The fourth-order valence-electron chi connectivity index (χ4n) is 3.95. The summed E-state index contributed by atoms with van der Waals surface area (Å²) in [5.74, 6) is -0.768. The van der Waals surface area contributed by atoms with Crippen LogP contribution in [0.25, 0.3) is 0 Å². The Morgan fingerprint density at radius 1 is 0.971 bits per heavy atom. The van der Waals surface area contributed by atoms with Crippen molar-refractivity contribution >= 4 is 10.1 Å². The minimum atomic E-state index is -4.94. The van der Waals surface area contributed by atoms with E-state index in [1.165, 1.54) is 0 Å². The highest BCUT2D eigenvalue weighted by atomic mass is 32.2. The Morgan fingerprint density at radius 3 is 2.11 bits per heavy atom. The van der Waals surface area contributed by atoms with Gasteiger partial charge in [0.1, 0.15) is 0 Å². The molecule has 3 rings (SSSR count). The molecule has 0 N–H and O–H groups in total. The first kappa shape index (κ1) is 27.4. The average molecular weight is 526 g/mol. The van der Waals surface area contributed by atoms with Crippen LogP contribution in [0.1, 0.15) is 34.6 Å². The topological polar surface area (TPSA) is 61.8 Å². The smallest absolute Gasteiger partial charge is 0.352 e. The Labute approximate surface area is 199 Å². The predicted octanol–water partition coefficient (Wildman–Crippen LogP) is 5.41. The van der Waals surface area contributed by atoms with Crippen molar-refractivity contribution in [3.63, 3.8) is 0 Å². The minimum Gasteiger partial charge on any atom is -0.352 e. The summed E-state index contributed by atoms with van der Waals surface area (Å²) in [7, 11) is -3.70. The molecule has 0 radical (unpaired) electrons. The van der Waals surface area contributed by atoms with Gasteiger partial charge in [0.25, 0.3) is 10.1 Å². The summed E-state index contributed by atoms with van der Waals surface area (Å²) in [6.07, 6.45) is -9.59. The first-order valence-corrected chi connectivity index (χ1v) is 12.5. The van der Waals surface area contributed by atoms with E-state index in [1.54, 1.807) is 30.3 Å². The van der Waals surface area contributed by atoms with E-state index in [4.69, 9.17) is 13.7 Å². The van der Waals surface area contributed by atoms with E-state index in [1.807, 2.05) is 0 Å². The standard InChI is InChI=1S/C23H24F6O5S/c1-35(30,31)34-14-17-8-10-33-21(20(17)16-5-3-2-4-6-16)32-9-7-15-11-18(22(24,25)26)13-19(12-15)23(27,28)29/h2-6,11-13,17,20-21H,7-10,14H2,1H3. The summed E-state index contributed by atoms with van der Waals surface area (Å²) in [4.78, 5) is 0. The number of alkyl halides is 6. The molecule has 2 aromatic rings. The van der Waals surface area contributed by atoms with Crippen molar-refractivity contribution < 1.29 is 48.4 Å². The second-order valence-electron chi connectivity index (χ2n) is 8.25. The summed E-state index contributed by atoms with van der Waals surface area (Å²) in [5.41, 5.74) is -2.19. The zero-order valence-corrected chi connectivity index (χ0v) is 19.4.